The SMILES string of the molecule is COc1ccc(Cl)c(NC2CC(c3ccc(F)cc3)C2)c1. The monoisotopic (exact) mass is 305 g/mol. The summed E-state index contributed by atoms with van der Waals surface area (Å²) in [5.41, 5.74) is 2.10. The van der Waals surface area contributed by atoms with Crippen molar-refractivity contribution in [3.05, 3.63) is 58.9 Å². The van der Waals surface area contributed by atoms with Gasteiger partial charge in [-0.25, -0.2) is 4.39 Å². The molecule has 1 fully saturated rings. The van der Waals surface area contributed by atoms with Gasteiger partial charge in [0.15, 0.2) is 0 Å². The molecule has 0 spiro atoms. The lowest BCUT2D eigenvalue weighted by Crippen LogP contribution is -2.34. The number of ether oxygens (including phenoxy) is 1. The Kier molecular flexibility index (Phi) is 4.02. The highest BCUT2D eigenvalue weighted by atomic mass is 35.5. The molecular weight excluding hydrogens is 289 g/mol. The molecule has 0 atom stereocenters. The van der Waals surface area contributed by atoms with Crippen LogP contribution >= 0.6 is 11.6 Å². The summed E-state index contributed by atoms with van der Waals surface area (Å²) in [5, 5.41) is 4.14. The van der Waals surface area contributed by atoms with Gasteiger partial charge in [-0.2, -0.15) is 0 Å². The van der Waals surface area contributed by atoms with Gasteiger partial charge < -0.3 is 10.1 Å². The first-order chi connectivity index (χ1) is 10.2. The highest BCUT2D eigenvalue weighted by Crippen LogP contribution is 2.39. The molecule has 1 saturated carbocycles. The summed E-state index contributed by atoms with van der Waals surface area (Å²) >= 11 is 6.19. The maximum atomic E-state index is 12.9. The summed E-state index contributed by atoms with van der Waals surface area (Å²) in [6.45, 7) is 0. The molecule has 0 radical (unpaired) electrons. The lowest BCUT2D eigenvalue weighted by molar-refractivity contribution is 0.373. The summed E-state index contributed by atoms with van der Waals surface area (Å²) in [4.78, 5) is 0. The topological polar surface area (TPSA) is 21.3 Å². The Morgan fingerprint density at radius 3 is 2.52 bits per heavy atom. The zero-order chi connectivity index (χ0) is 14.8. The van der Waals surface area contributed by atoms with Gasteiger partial charge in [-0.15, -0.1) is 0 Å². The Morgan fingerprint density at radius 1 is 1.14 bits per heavy atom. The fraction of sp³-hybridized carbons (Fsp3) is 0.294. The van der Waals surface area contributed by atoms with Gasteiger partial charge in [-0.05, 0) is 48.6 Å². The summed E-state index contributed by atoms with van der Waals surface area (Å²) in [5.74, 6) is 1.10. The highest BCUT2D eigenvalue weighted by molar-refractivity contribution is 6.33. The number of hydrogen-bond acceptors (Lipinski definition) is 2. The molecule has 1 N–H and O–H groups in total. The normalized spacial score (nSPS) is 20.7. The molecule has 1 aliphatic rings. The number of nitrogens with one attached hydrogen (secondary N) is 1. The summed E-state index contributed by atoms with van der Waals surface area (Å²) in [6.07, 6.45) is 2.05. The smallest absolute Gasteiger partial charge is 0.123 e. The molecule has 0 amide bonds. The number of halogens is 2. The highest BCUT2D eigenvalue weighted by Gasteiger charge is 2.30. The van der Waals surface area contributed by atoms with Crippen molar-refractivity contribution < 1.29 is 9.13 Å². The van der Waals surface area contributed by atoms with Crippen LogP contribution in [0.3, 0.4) is 0 Å². The molecule has 110 valence electrons. The van der Waals surface area contributed by atoms with Crippen LogP contribution in [0.4, 0.5) is 10.1 Å². The minimum absolute atomic E-state index is 0.184. The van der Waals surface area contributed by atoms with Gasteiger partial charge in [0.2, 0.25) is 0 Å². The third kappa shape index (κ3) is 3.13. The summed E-state index contributed by atoms with van der Waals surface area (Å²) in [7, 11) is 1.64. The molecule has 0 aromatic heterocycles. The van der Waals surface area contributed by atoms with Gasteiger partial charge in [-0.3, -0.25) is 0 Å². The van der Waals surface area contributed by atoms with E-state index in [1.165, 1.54) is 17.7 Å². The minimum Gasteiger partial charge on any atom is -0.497 e. The van der Waals surface area contributed by atoms with Crippen LogP contribution in [0.5, 0.6) is 5.75 Å². The van der Waals surface area contributed by atoms with E-state index in [9.17, 15) is 4.39 Å². The number of hydrogen-bond donors (Lipinski definition) is 1. The van der Waals surface area contributed by atoms with Crippen LogP contribution in [0.1, 0.15) is 24.3 Å². The second kappa shape index (κ2) is 5.94. The average molecular weight is 306 g/mol. The number of methoxy groups -OCH3 is 1. The van der Waals surface area contributed by atoms with Crippen molar-refractivity contribution in [2.24, 2.45) is 0 Å². The van der Waals surface area contributed by atoms with Crippen molar-refractivity contribution in [2.75, 3.05) is 12.4 Å². The van der Waals surface area contributed by atoms with Crippen LogP contribution in [0.2, 0.25) is 5.02 Å². The Labute approximate surface area is 128 Å². The molecule has 3 rings (SSSR count). The van der Waals surface area contributed by atoms with Crippen LogP contribution in [0.15, 0.2) is 42.5 Å². The molecule has 0 heterocycles. The van der Waals surface area contributed by atoms with E-state index in [-0.39, 0.29) is 5.82 Å². The molecule has 0 saturated heterocycles. The van der Waals surface area contributed by atoms with E-state index in [2.05, 4.69) is 5.32 Å². The fourth-order valence-corrected chi connectivity index (χ4v) is 2.88. The fourth-order valence-electron chi connectivity index (χ4n) is 2.70. The Bertz CT molecular complexity index is 623. The molecule has 4 heteroatoms. The first kappa shape index (κ1) is 14.2. The molecular formula is C17H17ClFNO. The third-order valence-corrected chi connectivity index (χ3v) is 4.34. The Morgan fingerprint density at radius 2 is 1.86 bits per heavy atom. The van der Waals surface area contributed by atoms with Gasteiger partial charge in [0.25, 0.3) is 0 Å². The van der Waals surface area contributed by atoms with E-state index in [0.717, 1.165) is 24.3 Å². The summed E-state index contributed by atoms with van der Waals surface area (Å²) < 4.78 is 18.1. The van der Waals surface area contributed by atoms with E-state index in [1.54, 1.807) is 7.11 Å². The quantitative estimate of drug-likeness (QED) is 0.872. The largest absolute Gasteiger partial charge is 0.497 e. The zero-order valence-electron chi connectivity index (χ0n) is 11.8. The van der Waals surface area contributed by atoms with Gasteiger partial charge in [0.1, 0.15) is 11.6 Å². The molecule has 0 bridgehead atoms. The molecule has 2 nitrogen and oxygen atoms in total. The first-order valence-electron chi connectivity index (χ1n) is 7.01. The third-order valence-electron chi connectivity index (χ3n) is 4.01. The second-order valence-corrected chi connectivity index (χ2v) is 5.81. The van der Waals surface area contributed by atoms with Crippen molar-refractivity contribution in [2.45, 2.75) is 24.8 Å². The minimum atomic E-state index is -0.184. The Balaban J connectivity index is 1.61. The molecule has 1 aliphatic carbocycles. The van der Waals surface area contributed by atoms with Crippen LogP contribution in [-0.2, 0) is 0 Å². The standard InChI is InChI=1S/C17H17ClFNO/c1-21-15-6-7-16(18)17(10-15)20-14-8-12(9-14)11-2-4-13(19)5-3-11/h2-7,10,12,14,20H,8-9H2,1H3. The zero-order valence-corrected chi connectivity index (χ0v) is 12.5. The molecule has 0 aliphatic heterocycles. The lowest BCUT2D eigenvalue weighted by atomic mass is 9.76. The van der Waals surface area contributed by atoms with E-state index in [1.807, 2.05) is 30.3 Å². The Hall–Kier alpha value is -1.74. The van der Waals surface area contributed by atoms with Crippen molar-refractivity contribution in [3.63, 3.8) is 0 Å². The van der Waals surface area contributed by atoms with Crippen molar-refractivity contribution in [3.8, 4) is 5.75 Å². The molecule has 2 aromatic rings. The van der Waals surface area contributed by atoms with Crippen molar-refractivity contribution in [1.29, 1.82) is 0 Å². The first-order valence-corrected chi connectivity index (χ1v) is 7.39. The van der Waals surface area contributed by atoms with Gasteiger partial charge in [0.05, 0.1) is 17.8 Å². The molecule has 21 heavy (non-hydrogen) atoms. The van der Waals surface area contributed by atoms with E-state index >= 15 is 0 Å². The lowest BCUT2D eigenvalue weighted by Gasteiger charge is -2.37. The predicted octanol–water partition coefficient (Wildman–Crippen LogP) is 4.85. The van der Waals surface area contributed by atoms with Gasteiger partial charge >= 0.3 is 0 Å². The van der Waals surface area contributed by atoms with E-state index < -0.39 is 0 Å². The van der Waals surface area contributed by atoms with Crippen LogP contribution in [0, 0.1) is 5.82 Å². The van der Waals surface area contributed by atoms with Crippen LogP contribution < -0.4 is 10.1 Å². The van der Waals surface area contributed by atoms with Crippen LogP contribution in [0.25, 0.3) is 0 Å². The van der Waals surface area contributed by atoms with Crippen LogP contribution in [-0.4, -0.2) is 13.2 Å². The number of rotatable bonds is 4. The second-order valence-electron chi connectivity index (χ2n) is 5.41. The number of benzene rings is 2. The predicted molar refractivity (Wildman–Crippen MR) is 83.8 cm³/mol. The van der Waals surface area contributed by atoms with E-state index in [0.29, 0.717) is 17.0 Å². The molecule has 2 aromatic carbocycles. The molecule has 0 unspecified atom stereocenters. The average Bonchev–Trinajstić information content (AvgIpc) is 2.45. The van der Waals surface area contributed by atoms with Gasteiger partial charge in [0, 0.05) is 12.1 Å². The number of anilines is 1. The van der Waals surface area contributed by atoms with Gasteiger partial charge in [-0.1, -0.05) is 23.7 Å². The van der Waals surface area contributed by atoms with Crippen molar-refractivity contribution >= 4 is 17.3 Å². The maximum absolute atomic E-state index is 12.9. The summed E-state index contributed by atoms with van der Waals surface area (Å²) in [6, 6.07) is 12.8. The maximum Gasteiger partial charge on any atom is 0.123 e. The van der Waals surface area contributed by atoms with E-state index in [4.69, 9.17) is 16.3 Å². The van der Waals surface area contributed by atoms with Crippen molar-refractivity contribution in [1.82, 2.24) is 0 Å².